The average Bonchev–Trinajstić information content (AvgIpc) is 2.65. The minimum absolute atomic E-state index is 0.315. The van der Waals surface area contributed by atoms with Gasteiger partial charge in [-0.2, -0.15) is 26.3 Å². The van der Waals surface area contributed by atoms with Crippen molar-refractivity contribution < 1.29 is 58.4 Å². The van der Waals surface area contributed by atoms with Gasteiger partial charge in [-0.1, -0.05) is 19.3 Å². The Morgan fingerprint density at radius 1 is 1.03 bits per heavy atom. The molecule has 0 amide bonds. The normalized spacial score (nSPS) is 16.4. The molecule has 1 aliphatic rings. The third-order valence-corrected chi connectivity index (χ3v) is 6.31. The predicted molar refractivity (Wildman–Crippen MR) is 106 cm³/mol. The summed E-state index contributed by atoms with van der Waals surface area (Å²) in [6, 6.07) is 2.89. The summed E-state index contributed by atoms with van der Waals surface area (Å²) in [5.41, 5.74) is -6.62. The molecule has 1 fully saturated rings. The van der Waals surface area contributed by atoms with Crippen molar-refractivity contribution in [2.24, 2.45) is 5.92 Å². The summed E-state index contributed by atoms with van der Waals surface area (Å²) < 4.78 is 122. The molecule has 0 spiro atoms. The van der Waals surface area contributed by atoms with Crippen LogP contribution in [0.3, 0.4) is 0 Å². The van der Waals surface area contributed by atoms with E-state index in [1.54, 1.807) is 22.6 Å². The molecule has 0 N–H and O–H groups in total. The van der Waals surface area contributed by atoms with Gasteiger partial charge in [-0.3, -0.25) is 4.79 Å². The van der Waals surface area contributed by atoms with Gasteiger partial charge < -0.3 is 14.0 Å². The molecule has 1 aromatic rings. The SMILES string of the molecule is O=C(OC(CS(=O)(=O)[O-])(C(F)(F)F)C(F)(F)F)c1ccc(I)cc1OC(=O)C1CCCCC1. The van der Waals surface area contributed by atoms with Crippen LogP contribution in [0.1, 0.15) is 42.5 Å². The summed E-state index contributed by atoms with van der Waals surface area (Å²) >= 11 is 1.69. The fraction of sp³-hybridized carbons (Fsp3) is 0.556. The van der Waals surface area contributed by atoms with Gasteiger partial charge in [0.1, 0.15) is 11.3 Å². The molecule has 1 saturated carbocycles. The molecular formula is C18H16F6IO7S-. The summed E-state index contributed by atoms with van der Waals surface area (Å²) in [5.74, 6) is -7.47. The highest BCUT2D eigenvalue weighted by Gasteiger charge is 2.75. The van der Waals surface area contributed by atoms with Crippen LogP contribution in [-0.4, -0.2) is 48.6 Å². The van der Waals surface area contributed by atoms with E-state index in [0.29, 0.717) is 29.3 Å². The summed E-state index contributed by atoms with van der Waals surface area (Å²) in [4.78, 5) is 24.8. The standard InChI is InChI=1S/C18H17F6IO7S/c19-17(20,21)16(18(22,23)24,9-33(28,29)30)32-15(27)12-7-6-11(25)8-13(12)31-14(26)10-4-2-1-3-5-10/h6-8,10H,1-5,9H2,(H,28,29,30)/p-1. The molecule has 0 unspecified atom stereocenters. The number of hydrogen-bond donors (Lipinski definition) is 0. The van der Waals surface area contributed by atoms with Gasteiger partial charge in [0, 0.05) is 3.57 Å². The van der Waals surface area contributed by atoms with Crippen molar-refractivity contribution in [1.29, 1.82) is 0 Å². The van der Waals surface area contributed by atoms with Gasteiger partial charge in [0.2, 0.25) is 0 Å². The minimum Gasteiger partial charge on any atom is -0.748 e. The van der Waals surface area contributed by atoms with Crippen LogP contribution in [0.15, 0.2) is 18.2 Å². The summed E-state index contributed by atoms with van der Waals surface area (Å²) in [7, 11) is -6.18. The molecule has 0 aliphatic heterocycles. The second-order valence-electron chi connectivity index (χ2n) is 7.31. The van der Waals surface area contributed by atoms with Crippen LogP contribution in [-0.2, 0) is 19.6 Å². The van der Waals surface area contributed by atoms with Crippen molar-refractivity contribution in [2.45, 2.75) is 50.1 Å². The highest BCUT2D eigenvalue weighted by Crippen LogP contribution is 2.47. The Morgan fingerprint density at radius 2 is 1.58 bits per heavy atom. The Hall–Kier alpha value is -1.62. The van der Waals surface area contributed by atoms with Gasteiger partial charge in [0.15, 0.2) is 0 Å². The maximum atomic E-state index is 13.4. The zero-order valence-corrected chi connectivity index (χ0v) is 19.4. The molecule has 15 heteroatoms. The fourth-order valence-corrected chi connectivity index (χ4v) is 4.56. The number of halogens is 7. The first-order valence-electron chi connectivity index (χ1n) is 9.28. The van der Waals surface area contributed by atoms with Crippen LogP contribution >= 0.6 is 22.6 Å². The number of hydrogen-bond acceptors (Lipinski definition) is 7. The van der Waals surface area contributed by atoms with E-state index in [4.69, 9.17) is 4.74 Å². The van der Waals surface area contributed by atoms with Gasteiger partial charge in [-0.25, -0.2) is 13.2 Å². The minimum atomic E-state index is -6.51. The van der Waals surface area contributed by atoms with Crippen LogP contribution in [0.5, 0.6) is 5.75 Å². The molecule has 1 aromatic carbocycles. The third kappa shape index (κ3) is 6.71. The Kier molecular flexibility index (Phi) is 8.32. The smallest absolute Gasteiger partial charge is 0.438 e. The molecule has 186 valence electrons. The van der Waals surface area contributed by atoms with E-state index >= 15 is 0 Å². The molecule has 0 bridgehead atoms. The molecule has 33 heavy (non-hydrogen) atoms. The van der Waals surface area contributed by atoms with Gasteiger partial charge in [-0.15, -0.1) is 0 Å². The molecule has 2 rings (SSSR count). The van der Waals surface area contributed by atoms with Gasteiger partial charge in [0.05, 0.1) is 21.8 Å². The molecule has 0 heterocycles. The van der Waals surface area contributed by atoms with Crippen LogP contribution in [0, 0.1) is 9.49 Å². The highest BCUT2D eigenvalue weighted by molar-refractivity contribution is 14.1. The third-order valence-electron chi connectivity index (χ3n) is 4.88. The van der Waals surface area contributed by atoms with E-state index in [0.717, 1.165) is 24.6 Å². The van der Waals surface area contributed by atoms with Crippen molar-refractivity contribution in [3.8, 4) is 5.75 Å². The first-order chi connectivity index (χ1) is 15.0. The van der Waals surface area contributed by atoms with Crippen LogP contribution < -0.4 is 4.74 Å². The number of rotatable bonds is 6. The van der Waals surface area contributed by atoms with Gasteiger partial charge >= 0.3 is 29.9 Å². The Labute approximate surface area is 197 Å². The largest absolute Gasteiger partial charge is 0.748 e. The van der Waals surface area contributed by atoms with Crippen molar-refractivity contribution in [1.82, 2.24) is 0 Å². The van der Waals surface area contributed by atoms with Crippen LogP contribution in [0.25, 0.3) is 0 Å². The lowest BCUT2D eigenvalue weighted by Gasteiger charge is -2.37. The lowest BCUT2D eigenvalue weighted by atomic mass is 9.89. The van der Waals surface area contributed by atoms with Crippen molar-refractivity contribution in [2.75, 3.05) is 5.75 Å². The predicted octanol–water partition coefficient (Wildman–Crippen LogP) is 4.34. The molecule has 7 nitrogen and oxygen atoms in total. The lowest BCUT2D eigenvalue weighted by Crippen LogP contribution is -2.63. The van der Waals surface area contributed by atoms with E-state index in [2.05, 4.69) is 4.74 Å². The fourth-order valence-electron chi connectivity index (χ4n) is 3.21. The second-order valence-corrected chi connectivity index (χ2v) is 9.96. The highest BCUT2D eigenvalue weighted by atomic mass is 127. The number of carbonyl (C=O) groups is 2. The van der Waals surface area contributed by atoms with Gasteiger partial charge in [0.25, 0.3) is 0 Å². The maximum Gasteiger partial charge on any atom is 0.438 e. The second kappa shape index (κ2) is 9.93. The number of esters is 2. The molecule has 0 radical (unpaired) electrons. The number of carbonyl (C=O) groups excluding carboxylic acids is 2. The Balaban J connectivity index is 2.47. The van der Waals surface area contributed by atoms with E-state index in [9.17, 15) is 48.9 Å². The maximum absolute atomic E-state index is 13.4. The molecule has 1 aliphatic carbocycles. The van der Waals surface area contributed by atoms with E-state index in [-0.39, 0.29) is 0 Å². The van der Waals surface area contributed by atoms with Crippen molar-refractivity contribution in [3.05, 3.63) is 27.3 Å². The number of alkyl halides is 6. The lowest BCUT2D eigenvalue weighted by molar-refractivity contribution is -0.356. The average molecular weight is 617 g/mol. The molecule has 0 atom stereocenters. The monoisotopic (exact) mass is 617 g/mol. The molecule has 0 saturated heterocycles. The molecule has 0 aromatic heterocycles. The van der Waals surface area contributed by atoms with Gasteiger partial charge in [-0.05, 0) is 53.6 Å². The first kappa shape index (κ1) is 27.6. The van der Waals surface area contributed by atoms with Crippen molar-refractivity contribution >= 4 is 44.6 Å². The topological polar surface area (TPSA) is 110 Å². The van der Waals surface area contributed by atoms with E-state index < -0.39 is 63.0 Å². The quantitative estimate of drug-likeness (QED) is 0.154. The summed E-state index contributed by atoms with van der Waals surface area (Å²) in [6.07, 6.45) is -9.82. The summed E-state index contributed by atoms with van der Waals surface area (Å²) in [6.45, 7) is 0. The van der Waals surface area contributed by atoms with E-state index in [1.165, 1.54) is 0 Å². The Bertz CT molecular complexity index is 987. The van der Waals surface area contributed by atoms with Crippen LogP contribution in [0.4, 0.5) is 26.3 Å². The zero-order valence-electron chi connectivity index (χ0n) is 16.5. The number of benzene rings is 1. The van der Waals surface area contributed by atoms with Crippen molar-refractivity contribution in [3.63, 3.8) is 0 Å². The van der Waals surface area contributed by atoms with Crippen LogP contribution in [0.2, 0.25) is 0 Å². The van der Waals surface area contributed by atoms with E-state index in [1.807, 2.05) is 0 Å². The first-order valence-corrected chi connectivity index (χ1v) is 11.9. The number of ether oxygens (including phenoxy) is 2. The Morgan fingerprint density at radius 3 is 2.06 bits per heavy atom. The molecular weight excluding hydrogens is 601 g/mol. The summed E-state index contributed by atoms with van der Waals surface area (Å²) in [5, 5.41) is 0. The zero-order chi connectivity index (χ0) is 25.2.